The zero-order valence-electron chi connectivity index (χ0n) is 11.1. The summed E-state index contributed by atoms with van der Waals surface area (Å²) in [5.74, 6) is 0.763. The van der Waals surface area contributed by atoms with E-state index < -0.39 is 0 Å². The standard InChI is InChI=1S/C14H15BrN2O2S/c1-10-9-20-14(16-10)17-13(18)7-4-8-19-12-6-3-2-5-11(12)15/h2-3,5-6,9H,4,7-8H2,1H3,(H,16,17,18). The molecule has 6 heteroatoms. The van der Waals surface area contributed by atoms with Crippen LogP contribution in [0, 0.1) is 6.92 Å². The number of rotatable bonds is 6. The highest BCUT2D eigenvalue weighted by Crippen LogP contribution is 2.23. The molecule has 0 aliphatic carbocycles. The van der Waals surface area contributed by atoms with Crippen LogP contribution < -0.4 is 10.1 Å². The van der Waals surface area contributed by atoms with E-state index in [9.17, 15) is 4.79 Å². The van der Waals surface area contributed by atoms with Crippen molar-refractivity contribution in [3.05, 3.63) is 39.8 Å². The fraction of sp³-hybridized carbons (Fsp3) is 0.286. The Morgan fingerprint density at radius 3 is 2.95 bits per heavy atom. The van der Waals surface area contributed by atoms with Crippen molar-refractivity contribution in [1.29, 1.82) is 0 Å². The lowest BCUT2D eigenvalue weighted by Crippen LogP contribution is -2.12. The molecule has 20 heavy (non-hydrogen) atoms. The van der Waals surface area contributed by atoms with Crippen molar-refractivity contribution in [2.24, 2.45) is 0 Å². The highest BCUT2D eigenvalue weighted by atomic mass is 79.9. The molecule has 106 valence electrons. The first-order valence-corrected chi connectivity index (χ1v) is 7.92. The average Bonchev–Trinajstić information content (AvgIpc) is 2.82. The summed E-state index contributed by atoms with van der Waals surface area (Å²) in [5, 5.41) is 5.34. The Morgan fingerprint density at radius 1 is 1.45 bits per heavy atom. The van der Waals surface area contributed by atoms with Crippen LogP contribution in [0.2, 0.25) is 0 Å². The predicted molar refractivity (Wildman–Crippen MR) is 84.4 cm³/mol. The van der Waals surface area contributed by atoms with Crippen LogP contribution in [0.15, 0.2) is 34.1 Å². The molecule has 0 saturated heterocycles. The van der Waals surface area contributed by atoms with Crippen molar-refractivity contribution in [3.63, 3.8) is 0 Å². The normalized spacial score (nSPS) is 10.3. The molecule has 1 N–H and O–H groups in total. The van der Waals surface area contributed by atoms with Gasteiger partial charge in [0.2, 0.25) is 5.91 Å². The van der Waals surface area contributed by atoms with Crippen LogP contribution in [-0.4, -0.2) is 17.5 Å². The third-order valence-corrected chi connectivity index (χ3v) is 4.04. The first kappa shape index (κ1) is 15.0. The van der Waals surface area contributed by atoms with E-state index >= 15 is 0 Å². The molecule has 0 unspecified atom stereocenters. The summed E-state index contributed by atoms with van der Waals surface area (Å²) in [6.07, 6.45) is 1.08. The van der Waals surface area contributed by atoms with Crippen LogP contribution in [-0.2, 0) is 4.79 Å². The Labute approximate surface area is 130 Å². The number of hydrogen-bond acceptors (Lipinski definition) is 4. The van der Waals surface area contributed by atoms with Gasteiger partial charge in [-0.1, -0.05) is 12.1 Å². The van der Waals surface area contributed by atoms with Crippen molar-refractivity contribution >= 4 is 38.3 Å². The van der Waals surface area contributed by atoms with Crippen LogP contribution in [0.25, 0.3) is 0 Å². The number of amides is 1. The van der Waals surface area contributed by atoms with Crippen LogP contribution in [0.4, 0.5) is 5.13 Å². The molecule has 4 nitrogen and oxygen atoms in total. The molecule has 1 aromatic carbocycles. The molecule has 2 rings (SSSR count). The monoisotopic (exact) mass is 354 g/mol. The van der Waals surface area contributed by atoms with Gasteiger partial charge in [-0.15, -0.1) is 11.3 Å². The summed E-state index contributed by atoms with van der Waals surface area (Å²) >= 11 is 4.85. The van der Waals surface area contributed by atoms with Crippen LogP contribution >= 0.6 is 27.3 Å². The zero-order valence-corrected chi connectivity index (χ0v) is 13.5. The minimum Gasteiger partial charge on any atom is -0.492 e. The third-order valence-electron chi connectivity index (χ3n) is 2.51. The Bertz CT molecular complexity index is 586. The molecule has 1 aromatic heterocycles. The second-order valence-electron chi connectivity index (χ2n) is 4.22. The maximum Gasteiger partial charge on any atom is 0.226 e. The molecule has 0 saturated carbocycles. The van der Waals surface area contributed by atoms with E-state index in [1.54, 1.807) is 0 Å². The maximum absolute atomic E-state index is 11.7. The second-order valence-corrected chi connectivity index (χ2v) is 5.94. The highest BCUT2D eigenvalue weighted by Gasteiger charge is 2.05. The number of aromatic nitrogens is 1. The fourth-order valence-electron chi connectivity index (χ4n) is 1.57. The molecule has 0 radical (unpaired) electrons. The molecule has 1 amide bonds. The lowest BCUT2D eigenvalue weighted by Gasteiger charge is -2.07. The summed E-state index contributed by atoms with van der Waals surface area (Å²) in [6, 6.07) is 7.66. The zero-order chi connectivity index (χ0) is 14.4. The van der Waals surface area contributed by atoms with Crippen LogP contribution in [0.1, 0.15) is 18.5 Å². The Morgan fingerprint density at radius 2 is 2.25 bits per heavy atom. The number of halogens is 1. The summed E-state index contributed by atoms with van der Waals surface area (Å²) < 4.78 is 6.52. The number of carbonyl (C=O) groups excluding carboxylic acids is 1. The minimum absolute atomic E-state index is 0.0323. The number of thiazole rings is 1. The van der Waals surface area contributed by atoms with E-state index in [2.05, 4.69) is 26.2 Å². The summed E-state index contributed by atoms with van der Waals surface area (Å²) in [7, 11) is 0. The quantitative estimate of drug-likeness (QED) is 0.797. The van der Waals surface area contributed by atoms with Gasteiger partial charge in [0.15, 0.2) is 5.13 Å². The minimum atomic E-state index is -0.0323. The fourth-order valence-corrected chi connectivity index (χ4v) is 2.67. The Kier molecular flexibility index (Phi) is 5.55. The molecule has 0 aliphatic rings. The van der Waals surface area contributed by atoms with Crippen molar-refractivity contribution in [1.82, 2.24) is 4.98 Å². The number of aryl methyl sites for hydroxylation is 1. The molecule has 0 spiro atoms. The number of benzene rings is 1. The van der Waals surface area contributed by atoms with Crippen molar-refractivity contribution in [2.45, 2.75) is 19.8 Å². The topological polar surface area (TPSA) is 51.2 Å². The highest BCUT2D eigenvalue weighted by molar-refractivity contribution is 9.10. The molecular formula is C14H15BrN2O2S. The van der Waals surface area contributed by atoms with Gasteiger partial charge in [0, 0.05) is 11.8 Å². The summed E-state index contributed by atoms with van der Waals surface area (Å²) in [5.41, 5.74) is 0.919. The van der Waals surface area contributed by atoms with Gasteiger partial charge in [0.1, 0.15) is 5.75 Å². The lowest BCUT2D eigenvalue weighted by molar-refractivity contribution is -0.116. The SMILES string of the molecule is Cc1csc(NC(=O)CCCOc2ccccc2Br)n1. The second kappa shape index (κ2) is 7.40. The van der Waals surface area contributed by atoms with Crippen molar-refractivity contribution in [2.75, 3.05) is 11.9 Å². The van der Waals surface area contributed by atoms with Gasteiger partial charge in [0.05, 0.1) is 16.8 Å². The van der Waals surface area contributed by atoms with Gasteiger partial charge in [-0.25, -0.2) is 4.98 Å². The van der Waals surface area contributed by atoms with E-state index in [1.807, 2.05) is 36.6 Å². The largest absolute Gasteiger partial charge is 0.492 e. The molecule has 0 fully saturated rings. The van der Waals surface area contributed by atoms with Gasteiger partial charge < -0.3 is 10.1 Å². The number of anilines is 1. The smallest absolute Gasteiger partial charge is 0.226 e. The number of carbonyl (C=O) groups is 1. The van der Waals surface area contributed by atoms with E-state index in [0.29, 0.717) is 24.6 Å². The van der Waals surface area contributed by atoms with Gasteiger partial charge in [-0.05, 0) is 41.4 Å². The molecular weight excluding hydrogens is 340 g/mol. The lowest BCUT2D eigenvalue weighted by atomic mass is 10.3. The Balaban J connectivity index is 1.68. The summed E-state index contributed by atoms with van der Waals surface area (Å²) in [4.78, 5) is 15.9. The predicted octanol–water partition coefficient (Wildman–Crippen LogP) is 4.01. The number of nitrogens with zero attached hydrogens (tertiary/aromatic N) is 1. The number of ether oxygens (including phenoxy) is 1. The van der Waals surface area contributed by atoms with Crippen molar-refractivity contribution in [3.8, 4) is 5.75 Å². The molecule has 0 aliphatic heterocycles. The number of nitrogens with one attached hydrogen (secondary N) is 1. The van der Waals surface area contributed by atoms with Crippen LogP contribution in [0.5, 0.6) is 5.75 Å². The van der Waals surface area contributed by atoms with Gasteiger partial charge in [0.25, 0.3) is 0 Å². The van der Waals surface area contributed by atoms with Gasteiger partial charge >= 0.3 is 0 Å². The van der Waals surface area contributed by atoms with E-state index in [0.717, 1.165) is 15.9 Å². The summed E-state index contributed by atoms with van der Waals surface area (Å²) in [6.45, 7) is 2.41. The van der Waals surface area contributed by atoms with Gasteiger partial charge in [-0.3, -0.25) is 4.79 Å². The molecule has 1 heterocycles. The first-order chi connectivity index (χ1) is 9.65. The average molecular weight is 355 g/mol. The maximum atomic E-state index is 11.7. The van der Waals surface area contributed by atoms with Gasteiger partial charge in [-0.2, -0.15) is 0 Å². The van der Waals surface area contributed by atoms with E-state index in [1.165, 1.54) is 11.3 Å². The van der Waals surface area contributed by atoms with E-state index in [-0.39, 0.29) is 5.91 Å². The number of para-hydroxylation sites is 1. The first-order valence-electron chi connectivity index (χ1n) is 6.24. The molecule has 2 aromatic rings. The molecule has 0 atom stereocenters. The van der Waals surface area contributed by atoms with E-state index in [4.69, 9.17) is 4.74 Å². The molecule has 0 bridgehead atoms. The number of hydrogen-bond donors (Lipinski definition) is 1. The Hall–Kier alpha value is -1.40. The van der Waals surface area contributed by atoms with Crippen LogP contribution in [0.3, 0.4) is 0 Å². The van der Waals surface area contributed by atoms with Crippen molar-refractivity contribution < 1.29 is 9.53 Å². The third kappa shape index (κ3) is 4.61.